The van der Waals surface area contributed by atoms with Gasteiger partial charge in [0.25, 0.3) is 0 Å². The van der Waals surface area contributed by atoms with Crippen LogP contribution in [-0.2, 0) is 20.7 Å². The van der Waals surface area contributed by atoms with Crippen LogP contribution in [0.3, 0.4) is 0 Å². The third-order valence-electron chi connectivity index (χ3n) is 7.01. The van der Waals surface area contributed by atoms with Crippen LogP contribution in [0.25, 0.3) is 10.9 Å². The lowest BCUT2D eigenvalue weighted by Gasteiger charge is -2.17. The summed E-state index contributed by atoms with van der Waals surface area (Å²) in [6.45, 7) is 4.37. The molecule has 1 unspecified atom stereocenters. The van der Waals surface area contributed by atoms with Crippen LogP contribution in [0.4, 0.5) is 0 Å². The molecule has 0 aliphatic heterocycles. The van der Waals surface area contributed by atoms with Crippen molar-refractivity contribution in [3.63, 3.8) is 0 Å². The van der Waals surface area contributed by atoms with Crippen LogP contribution in [0.2, 0.25) is 0 Å². The molecule has 0 fully saturated rings. The summed E-state index contributed by atoms with van der Waals surface area (Å²) in [6.07, 6.45) is 22.3. The van der Waals surface area contributed by atoms with Crippen LogP contribution in [0.1, 0.15) is 122 Å². The van der Waals surface area contributed by atoms with E-state index in [2.05, 4.69) is 17.2 Å². The van der Waals surface area contributed by atoms with Gasteiger partial charge in [0.2, 0.25) is 5.91 Å². The van der Waals surface area contributed by atoms with E-state index in [-0.39, 0.29) is 11.9 Å². The molecule has 0 bridgehead atoms. The maximum Gasteiger partial charge on any atom is 0.328 e. The molecule has 0 aliphatic rings. The summed E-state index contributed by atoms with van der Waals surface area (Å²) in [4.78, 5) is 28.3. The zero-order valence-corrected chi connectivity index (χ0v) is 22.9. The van der Waals surface area contributed by atoms with Crippen LogP contribution in [0, 0.1) is 0 Å². The van der Waals surface area contributed by atoms with Crippen LogP contribution in [-0.4, -0.2) is 29.5 Å². The first-order valence-electron chi connectivity index (χ1n) is 14.7. The van der Waals surface area contributed by atoms with Crippen molar-refractivity contribution in [2.75, 3.05) is 6.61 Å². The molecular weight excluding hydrogens is 448 g/mol. The second kappa shape index (κ2) is 18.9. The first-order valence-corrected chi connectivity index (χ1v) is 14.7. The normalized spacial score (nSPS) is 12.1. The van der Waals surface area contributed by atoms with Crippen molar-refractivity contribution in [1.82, 2.24) is 10.3 Å². The number of ether oxygens (including phenoxy) is 1. The number of carbonyl (C=O) groups excluding carboxylic acids is 2. The van der Waals surface area contributed by atoms with Gasteiger partial charge in [0.1, 0.15) is 6.04 Å². The Bertz CT molecular complexity index is 860. The van der Waals surface area contributed by atoms with Crippen LogP contribution in [0.5, 0.6) is 0 Å². The van der Waals surface area contributed by atoms with Crippen molar-refractivity contribution in [3.05, 3.63) is 36.0 Å². The number of esters is 1. The molecule has 1 aromatic heterocycles. The van der Waals surface area contributed by atoms with Gasteiger partial charge in [0.05, 0.1) is 6.61 Å². The van der Waals surface area contributed by atoms with E-state index in [0.717, 1.165) is 29.3 Å². The van der Waals surface area contributed by atoms with Gasteiger partial charge >= 0.3 is 5.97 Å². The molecule has 1 atom stereocenters. The van der Waals surface area contributed by atoms with Crippen LogP contribution in [0.15, 0.2) is 30.5 Å². The Balaban J connectivity index is 1.55. The minimum absolute atomic E-state index is 0.0670. The number of aromatic amines is 1. The molecule has 0 saturated heterocycles. The molecule has 36 heavy (non-hydrogen) atoms. The predicted octanol–water partition coefficient (Wildman–Crippen LogP) is 8.02. The molecule has 5 heteroatoms. The Morgan fingerprint density at radius 1 is 0.806 bits per heavy atom. The summed E-state index contributed by atoms with van der Waals surface area (Å²) in [5.41, 5.74) is 2.04. The highest BCUT2D eigenvalue weighted by Gasteiger charge is 2.23. The van der Waals surface area contributed by atoms with Crippen LogP contribution < -0.4 is 5.32 Å². The molecule has 0 saturated carbocycles. The molecule has 1 amide bonds. The maximum atomic E-state index is 12.6. The lowest BCUT2D eigenvalue weighted by molar-refractivity contribution is -0.147. The summed E-state index contributed by atoms with van der Waals surface area (Å²) in [6, 6.07) is 7.33. The SMILES string of the molecule is CCCCCCCCCCCCCCCCCC(=O)NC(Cc1c[nH]c2ccccc12)C(=O)OCC. The summed E-state index contributed by atoms with van der Waals surface area (Å²) in [5.74, 6) is -0.435. The van der Waals surface area contributed by atoms with Crippen molar-refractivity contribution < 1.29 is 14.3 Å². The fraction of sp³-hybridized carbons (Fsp3) is 0.677. The van der Waals surface area contributed by atoms with Crippen molar-refractivity contribution in [2.24, 2.45) is 0 Å². The highest BCUT2D eigenvalue weighted by atomic mass is 16.5. The lowest BCUT2D eigenvalue weighted by atomic mass is 10.0. The Morgan fingerprint density at radius 3 is 1.94 bits per heavy atom. The second-order valence-electron chi connectivity index (χ2n) is 10.1. The van der Waals surface area contributed by atoms with Crippen LogP contribution >= 0.6 is 0 Å². The van der Waals surface area contributed by atoms with E-state index in [9.17, 15) is 9.59 Å². The minimum Gasteiger partial charge on any atom is -0.464 e. The number of para-hydroxylation sites is 1. The maximum absolute atomic E-state index is 12.6. The Hall–Kier alpha value is -2.30. The number of nitrogens with one attached hydrogen (secondary N) is 2. The van der Waals surface area contributed by atoms with Crippen molar-refractivity contribution >= 4 is 22.8 Å². The van der Waals surface area contributed by atoms with Gasteiger partial charge in [-0.05, 0) is 25.0 Å². The minimum atomic E-state index is -0.659. The van der Waals surface area contributed by atoms with E-state index in [1.165, 1.54) is 83.5 Å². The highest BCUT2D eigenvalue weighted by molar-refractivity contribution is 5.87. The number of hydrogen-bond donors (Lipinski definition) is 2. The summed E-state index contributed by atoms with van der Waals surface area (Å²) in [7, 11) is 0. The average molecular weight is 499 g/mol. The van der Waals surface area contributed by atoms with Crippen molar-refractivity contribution in [3.8, 4) is 0 Å². The number of benzene rings is 1. The number of amides is 1. The number of fused-ring (bicyclic) bond motifs is 1. The molecule has 1 heterocycles. The summed E-state index contributed by atoms with van der Waals surface area (Å²) < 4.78 is 5.23. The third-order valence-corrected chi connectivity index (χ3v) is 7.01. The standard InChI is InChI=1S/C31H50N2O3/c1-3-5-6-7-8-9-10-11-12-13-14-15-16-17-18-23-30(34)33-29(31(35)36-4-2)24-26-25-32-28-22-20-19-21-27(26)28/h19-22,25,29,32H,3-18,23-24H2,1-2H3,(H,33,34). The van der Waals surface area contributed by atoms with Gasteiger partial charge < -0.3 is 15.0 Å². The predicted molar refractivity (Wildman–Crippen MR) is 150 cm³/mol. The molecule has 202 valence electrons. The first-order chi connectivity index (χ1) is 17.7. The van der Waals surface area contributed by atoms with Gasteiger partial charge in [-0.25, -0.2) is 4.79 Å². The quantitative estimate of drug-likeness (QED) is 0.135. The topological polar surface area (TPSA) is 71.2 Å². The van der Waals surface area contributed by atoms with E-state index < -0.39 is 6.04 Å². The smallest absolute Gasteiger partial charge is 0.328 e. The molecule has 0 radical (unpaired) electrons. The lowest BCUT2D eigenvalue weighted by Crippen LogP contribution is -2.43. The third kappa shape index (κ3) is 12.1. The summed E-state index contributed by atoms with van der Waals surface area (Å²) in [5, 5.41) is 4.00. The number of H-pyrrole nitrogens is 1. The molecule has 1 aromatic carbocycles. The fourth-order valence-corrected chi connectivity index (χ4v) is 4.88. The van der Waals surface area contributed by atoms with Gasteiger partial charge in [-0.15, -0.1) is 0 Å². The Kier molecular flexibility index (Phi) is 15.7. The van der Waals surface area contributed by atoms with Gasteiger partial charge in [-0.1, -0.05) is 115 Å². The molecule has 0 aliphatic carbocycles. The average Bonchev–Trinajstić information content (AvgIpc) is 3.29. The molecule has 0 spiro atoms. The van der Waals surface area contributed by atoms with E-state index in [4.69, 9.17) is 4.74 Å². The van der Waals surface area contributed by atoms with Gasteiger partial charge in [0, 0.05) is 29.9 Å². The largest absolute Gasteiger partial charge is 0.464 e. The number of unbranched alkanes of at least 4 members (excludes halogenated alkanes) is 14. The highest BCUT2D eigenvalue weighted by Crippen LogP contribution is 2.20. The van der Waals surface area contributed by atoms with E-state index in [0.29, 0.717) is 19.4 Å². The molecule has 2 aromatic rings. The zero-order valence-electron chi connectivity index (χ0n) is 22.9. The van der Waals surface area contributed by atoms with E-state index in [1.54, 1.807) is 6.92 Å². The van der Waals surface area contributed by atoms with Gasteiger partial charge in [-0.2, -0.15) is 0 Å². The number of hydrogen-bond acceptors (Lipinski definition) is 3. The number of rotatable bonds is 21. The van der Waals surface area contributed by atoms with E-state index in [1.807, 2.05) is 30.5 Å². The van der Waals surface area contributed by atoms with Crippen molar-refractivity contribution in [1.29, 1.82) is 0 Å². The zero-order chi connectivity index (χ0) is 25.8. The molecule has 2 N–H and O–H groups in total. The monoisotopic (exact) mass is 498 g/mol. The number of aromatic nitrogens is 1. The molecule has 5 nitrogen and oxygen atoms in total. The van der Waals surface area contributed by atoms with Gasteiger partial charge in [-0.3, -0.25) is 4.79 Å². The summed E-state index contributed by atoms with van der Waals surface area (Å²) >= 11 is 0. The fourth-order valence-electron chi connectivity index (χ4n) is 4.88. The Labute approximate surface area is 219 Å². The van der Waals surface area contributed by atoms with E-state index >= 15 is 0 Å². The van der Waals surface area contributed by atoms with Crippen molar-refractivity contribution in [2.45, 2.75) is 129 Å². The Morgan fingerprint density at radius 2 is 1.36 bits per heavy atom. The molecular formula is C31H50N2O3. The van der Waals surface area contributed by atoms with Gasteiger partial charge in [0.15, 0.2) is 0 Å². The second-order valence-corrected chi connectivity index (χ2v) is 10.1. The number of carbonyl (C=O) groups is 2. The molecule has 2 rings (SSSR count). The first kappa shape index (κ1) is 29.9.